The van der Waals surface area contributed by atoms with Crippen LogP contribution in [0, 0.1) is 11.6 Å². The first-order valence-corrected chi connectivity index (χ1v) is 6.51. The Morgan fingerprint density at radius 1 is 1.26 bits per heavy atom. The van der Waals surface area contributed by atoms with E-state index in [-0.39, 0.29) is 0 Å². The fourth-order valence-electron chi connectivity index (χ4n) is 1.27. The number of sulfonamides is 1. The number of aliphatic carboxylic acids is 1. The van der Waals surface area contributed by atoms with Crippen LogP contribution in [0.25, 0.3) is 0 Å². The molecule has 0 aromatic heterocycles. The summed E-state index contributed by atoms with van der Waals surface area (Å²) in [7, 11) is -4.47. The molecule has 3 N–H and O–H groups in total. The average Bonchev–Trinajstić information content (AvgIpc) is 2.23. The van der Waals surface area contributed by atoms with Crippen LogP contribution < -0.4 is 4.72 Å². The predicted molar refractivity (Wildman–Crippen MR) is 59.8 cm³/mol. The summed E-state index contributed by atoms with van der Waals surface area (Å²) in [5, 5.41) is 17.9. The van der Waals surface area contributed by atoms with Gasteiger partial charge in [-0.1, -0.05) is 0 Å². The lowest BCUT2D eigenvalue weighted by Gasteiger charge is -2.17. The largest absolute Gasteiger partial charge is 0.480 e. The molecule has 6 nitrogen and oxygen atoms in total. The first-order valence-electron chi connectivity index (χ1n) is 5.03. The second kappa shape index (κ2) is 5.59. The number of hydrogen-bond acceptors (Lipinski definition) is 4. The third-order valence-electron chi connectivity index (χ3n) is 2.18. The molecule has 0 fully saturated rings. The third kappa shape index (κ3) is 3.94. The molecule has 0 aliphatic rings. The lowest BCUT2D eigenvalue weighted by Crippen LogP contribution is -2.47. The minimum atomic E-state index is -4.47. The molecule has 0 bridgehead atoms. The molecule has 2 atom stereocenters. The van der Waals surface area contributed by atoms with Gasteiger partial charge in [-0.05, 0) is 19.1 Å². The molecule has 0 amide bonds. The van der Waals surface area contributed by atoms with Crippen molar-refractivity contribution >= 4 is 16.0 Å². The van der Waals surface area contributed by atoms with Crippen LogP contribution in [0.1, 0.15) is 6.92 Å². The maximum atomic E-state index is 12.9. The van der Waals surface area contributed by atoms with Gasteiger partial charge < -0.3 is 10.2 Å². The lowest BCUT2D eigenvalue weighted by atomic mass is 10.2. The van der Waals surface area contributed by atoms with E-state index in [4.69, 9.17) is 10.2 Å². The van der Waals surface area contributed by atoms with Crippen molar-refractivity contribution in [2.45, 2.75) is 24.0 Å². The zero-order chi connectivity index (χ0) is 14.8. The summed E-state index contributed by atoms with van der Waals surface area (Å²) in [4.78, 5) is 9.98. The van der Waals surface area contributed by atoms with Crippen molar-refractivity contribution in [2.24, 2.45) is 0 Å². The quantitative estimate of drug-likeness (QED) is 0.713. The van der Waals surface area contributed by atoms with Gasteiger partial charge in [0.15, 0.2) is 0 Å². The molecule has 0 radical (unpaired) electrons. The van der Waals surface area contributed by atoms with Crippen LogP contribution in [0.2, 0.25) is 0 Å². The first kappa shape index (κ1) is 15.5. The van der Waals surface area contributed by atoms with Crippen LogP contribution in [-0.4, -0.2) is 36.7 Å². The van der Waals surface area contributed by atoms with E-state index < -0.39 is 44.7 Å². The zero-order valence-corrected chi connectivity index (χ0v) is 10.5. The average molecular weight is 295 g/mol. The van der Waals surface area contributed by atoms with Crippen LogP contribution in [0.5, 0.6) is 0 Å². The van der Waals surface area contributed by atoms with Crippen LogP contribution >= 0.6 is 0 Å². The molecule has 2 unspecified atom stereocenters. The molecular weight excluding hydrogens is 284 g/mol. The minimum Gasteiger partial charge on any atom is -0.480 e. The molecule has 106 valence electrons. The lowest BCUT2D eigenvalue weighted by molar-refractivity contribution is -0.141. The Kier molecular flexibility index (Phi) is 4.56. The number of rotatable bonds is 5. The molecule has 0 aliphatic carbocycles. The summed E-state index contributed by atoms with van der Waals surface area (Å²) in [5.74, 6) is -3.86. The molecule has 1 rings (SSSR count). The van der Waals surface area contributed by atoms with E-state index in [9.17, 15) is 22.0 Å². The van der Waals surface area contributed by atoms with E-state index in [0.29, 0.717) is 18.2 Å². The van der Waals surface area contributed by atoms with Gasteiger partial charge >= 0.3 is 5.97 Å². The van der Waals surface area contributed by atoms with Crippen LogP contribution in [0.3, 0.4) is 0 Å². The number of carbonyl (C=O) groups is 1. The molecule has 0 aliphatic heterocycles. The number of benzene rings is 1. The van der Waals surface area contributed by atoms with E-state index in [1.54, 1.807) is 4.72 Å². The number of carboxylic acids is 1. The van der Waals surface area contributed by atoms with Gasteiger partial charge in [0.2, 0.25) is 10.0 Å². The van der Waals surface area contributed by atoms with Gasteiger partial charge in [-0.3, -0.25) is 4.79 Å². The van der Waals surface area contributed by atoms with Gasteiger partial charge in [0.1, 0.15) is 17.7 Å². The number of aliphatic hydroxyl groups excluding tert-OH is 1. The molecule has 0 spiro atoms. The van der Waals surface area contributed by atoms with Gasteiger partial charge in [-0.2, -0.15) is 4.72 Å². The van der Waals surface area contributed by atoms with E-state index in [1.165, 1.54) is 0 Å². The highest BCUT2D eigenvalue weighted by molar-refractivity contribution is 7.89. The Labute approximate surface area is 107 Å². The smallest absolute Gasteiger partial charge is 0.324 e. The monoisotopic (exact) mass is 295 g/mol. The van der Waals surface area contributed by atoms with Crippen molar-refractivity contribution in [3.63, 3.8) is 0 Å². The maximum Gasteiger partial charge on any atom is 0.324 e. The Bertz CT molecular complexity index is 567. The molecule has 19 heavy (non-hydrogen) atoms. The fourth-order valence-corrected chi connectivity index (χ4v) is 2.58. The highest BCUT2D eigenvalue weighted by Gasteiger charge is 2.29. The summed E-state index contributed by atoms with van der Waals surface area (Å²) in [5.41, 5.74) is 0. The normalized spacial score (nSPS) is 14.9. The Hall–Kier alpha value is -1.58. The Balaban J connectivity index is 3.13. The highest BCUT2D eigenvalue weighted by atomic mass is 32.2. The number of halogens is 2. The molecule has 0 saturated carbocycles. The topological polar surface area (TPSA) is 104 Å². The van der Waals surface area contributed by atoms with Gasteiger partial charge in [0, 0.05) is 6.07 Å². The SMILES string of the molecule is CC(O)C(NS(=O)(=O)c1cc(F)cc(F)c1)C(=O)O. The van der Waals surface area contributed by atoms with Crippen molar-refractivity contribution in [3.8, 4) is 0 Å². The van der Waals surface area contributed by atoms with E-state index in [0.717, 1.165) is 6.92 Å². The minimum absolute atomic E-state index is 0.475. The second-order valence-corrected chi connectivity index (χ2v) is 5.50. The Morgan fingerprint density at radius 3 is 2.11 bits per heavy atom. The second-order valence-electron chi connectivity index (χ2n) is 3.78. The molecule has 0 saturated heterocycles. The fraction of sp³-hybridized carbons (Fsp3) is 0.300. The van der Waals surface area contributed by atoms with E-state index in [1.807, 2.05) is 0 Å². The number of aliphatic hydroxyl groups is 1. The number of nitrogens with one attached hydrogen (secondary N) is 1. The van der Waals surface area contributed by atoms with Crippen molar-refractivity contribution in [1.82, 2.24) is 4.72 Å². The van der Waals surface area contributed by atoms with E-state index in [2.05, 4.69) is 0 Å². The summed E-state index contributed by atoms with van der Waals surface area (Å²) in [6, 6.07) is -0.280. The number of carboxylic acid groups (broad SMARTS) is 1. The van der Waals surface area contributed by atoms with Crippen molar-refractivity contribution < 1.29 is 32.2 Å². The maximum absolute atomic E-state index is 12.9. The highest BCUT2D eigenvalue weighted by Crippen LogP contribution is 2.14. The molecule has 0 heterocycles. The van der Waals surface area contributed by atoms with Crippen molar-refractivity contribution in [3.05, 3.63) is 29.8 Å². The summed E-state index contributed by atoms with van der Waals surface area (Å²) < 4.78 is 51.0. The summed E-state index contributed by atoms with van der Waals surface area (Å²) in [6.07, 6.45) is -1.52. The predicted octanol–water partition coefficient (Wildman–Crippen LogP) is 0.0771. The van der Waals surface area contributed by atoms with Gasteiger partial charge in [0.05, 0.1) is 11.0 Å². The van der Waals surface area contributed by atoms with Gasteiger partial charge in [0.25, 0.3) is 0 Å². The van der Waals surface area contributed by atoms with E-state index >= 15 is 0 Å². The molecule has 1 aromatic carbocycles. The zero-order valence-electron chi connectivity index (χ0n) is 9.67. The number of hydrogen-bond donors (Lipinski definition) is 3. The molecule has 1 aromatic rings. The van der Waals surface area contributed by atoms with Crippen LogP contribution in [-0.2, 0) is 14.8 Å². The van der Waals surface area contributed by atoms with Crippen LogP contribution in [0.4, 0.5) is 8.78 Å². The summed E-state index contributed by atoms with van der Waals surface area (Å²) >= 11 is 0. The standard InChI is InChI=1S/C10H11F2NO5S/c1-5(14)9(10(15)16)13-19(17,18)8-3-6(11)2-7(12)4-8/h2-5,9,13-14H,1H3,(H,15,16). The molecule has 9 heteroatoms. The van der Waals surface area contributed by atoms with Gasteiger partial charge in [-0.15, -0.1) is 0 Å². The van der Waals surface area contributed by atoms with Crippen LogP contribution in [0.15, 0.2) is 23.1 Å². The third-order valence-corrected chi connectivity index (χ3v) is 3.60. The van der Waals surface area contributed by atoms with Crippen molar-refractivity contribution in [1.29, 1.82) is 0 Å². The van der Waals surface area contributed by atoms with Gasteiger partial charge in [-0.25, -0.2) is 17.2 Å². The van der Waals surface area contributed by atoms with Crippen molar-refractivity contribution in [2.75, 3.05) is 0 Å². The Morgan fingerprint density at radius 2 is 1.74 bits per heavy atom. The molecular formula is C10H11F2NO5S. The summed E-state index contributed by atoms with van der Waals surface area (Å²) in [6.45, 7) is 1.06. The first-order chi connectivity index (χ1) is 8.63.